The van der Waals surface area contributed by atoms with Gasteiger partial charge in [-0.2, -0.15) is 0 Å². The van der Waals surface area contributed by atoms with Crippen LogP contribution in [0.2, 0.25) is 5.02 Å². The summed E-state index contributed by atoms with van der Waals surface area (Å²) >= 11 is 6.02. The van der Waals surface area contributed by atoms with Crippen LogP contribution < -0.4 is 10.9 Å². The summed E-state index contributed by atoms with van der Waals surface area (Å²) in [5.41, 5.74) is 8.84. The van der Waals surface area contributed by atoms with Gasteiger partial charge in [0, 0.05) is 16.5 Å². The molecule has 0 saturated heterocycles. The molecule has 25 heavy (non-hydrogen) atoms. The predicted octanol–water partition coefficient (Wildman–Crippen LogP) is 5.24. The molecular weight excluding hydrogens is 330 g/mol. The molecule has 4 heteroatoms. The van der Waals surface area contributed by atoms with E-state index in [0.29, 0.717) is 5.92 Å². The van der Waals surface area contributed by atoms with Crippen molar-refractivity contribution in [3.8, 4) is 0 Å². The van der Waals surface area contributed by atoms with Crippen LogP contribution in [0.1, 0.15) is 12.5 Å². The molecule has 0 unspecified atom stereocenters. The molecule has 0 radical (unpaired) electrons. The second kappa shape index (κ2) is 8.15. The lowest BCUT2D eigenvalue weighted by Crippen LogP contribution is -2.40. The number of hydrogen-bond acceptors (Lipinski definition) is 3. The van der Waals surface area contributed by atoms with E-state index in [9.17, 15) is 0 Å². The van der Waals surface area contributed by atoms with Crippen LogP contribution in [0, 0.1) is 5.92 Å². The minimum atomic E-state index is 0.211. The Kier molecular flexibility index (Phi) is 5.69. The molecule has 2 aromatic carbocycles. The van der Waals surface area contributed by atoms with Crippen LogP contribution in [-0.2, 0) is 6.42 Å². The molecule has 0 aliphatic heterocycles. The number of aromatic nitrogens is 1. The van der Waals surface area contributed by atoms with Crippen LogP contribution in [-0.4, -0.2) is 11.0 Å². The molecule has 128 valence electrons. The number of halogens is 1. The molecular formula is C21H22ClN3. The largest absolute Gasteiger partial charge is 0.305 e. The fourth-order valence-electron chi connectivity index (χ4n) is 2.73. The van der Waals surface area contributed by atoms with Crippen molar-refractivity contribution < 1.29 is 0 Å². The van der Waals surface area contributed by atoms with Crippen molar-refractivity contribution in [2.45, 2.75) is 19.4 Å². The van der Waals surface area contributed by atoms with Crippen molar-refractivity contribution in [1.82, 2.24) is 10.4 Å². The molecule has 0 saturated carbocycles. The Morgan fingerprint density at radius 3 is 2.68 bits per heavy atom. The lowest BCUT2D eigenvalue weighted by Gasteiger charge is -2.24. The first-order chi connectivity index (χ1) is 12.2. The third-order valence-electron chi connectivity index (χ3n) is 4.34. The maximum atomic E-state index is 6.02. The zero-order valence-electron chi connectivity index (χ0n) is 14.2. The Morgan fingerprint density at radius 1 is 1.12 bits per heavy atom. The lowest BCUT2D eigenvalue weighted by molar-refractivity contribution is 0.457. The number of fused-ring (bicyclic) bond motifs is 1. The van der Waals surface area contributed by atoms with Crippen LogP contribution in [0.3, 0.4) is 0 Å². The van der Waals surface area contributed by atoms with Crippen LogP contribution in [0.5, 0.6) is 0 Å². The molecule has 1 aromatic heterocycles. The number of anilines is 1. The van der Waals surface area contributed by atoms with E-state index in [1.807, 2.05) is 42.5 Å². The van der Waals surface area contributed by atoms with Gasteiger partial charge in [0.15, 0.2) is 0 Å². The number of rotatable bonds is 7. The van der Waals surface area contributed by atoms with Crippen molar-refractivity contribution in [3.05, 3.63) is 83.9 Å². The Labute approximate surface area is 153 Å². The van der Waals surface area contributed by atoms with Gasteiger partial charge in [0.05, 0.1) is 5.52 Å². The number of pyridine rings is 1. The fraction of sp³-hybridized carbons (Fsp3) is 0.190. The molecule has 0 aliphatic carbocycles. The van der Waals surface area contributed by atoms with Crippen molar-refractivity contribution in [2.24, 2.45) is 5.92 Å². The highest BCUT2D eigenvalue weighted by molar-refractivity contribution is 6.31. The van der Waals surface area contributed by atoms with E-state index >= 15 is 0 Å². The van der Waals surface area contributed by atoms with Gasteiger partial charge in [0.25, 0.3) is 0 Å². The molecule has 0 bridgehead atoms. The van der Waals surface area contributed by atoms with Crippen molar-refractivity contribution in [2.75, 3.05) is 5.43 Å². The second-order valence-electron chi connectivity index (χ2n) is 6.19. The van der Waals surface area contributed by atoms with E-state index in [1.54, 1.807) is 0 Å². The standard InChI is InChI=1S/C21H22ClN3/c1-3-15(2)20(13-16-7-5-4-6-8-16)24-25-21-12-9-17-14-18(22)10-11-19(17)23-21/h3-12,14-15,20,24H,1,13H2,2H3,(H,23,25)/t15-,20-/m1/s1. The summed E-state index contributed by atoms with van der Waals surface area (Å²) in [6.45, 7) is 6.09. The number of nitrogens with zero attached hydrogens (tertiary/aromatic N) is 1. The lowest BCUT2D eigenvalue weighted by atomic mass is 9.96. The topological polar surface area (TPSA) is 37.0 Å². The Balaban J connectivity index is 1.72. The molecule has 2 N–H and O–H groups in total. The predicted molar refractivity (Wildman–Crippen MR) is 107 cm³/mol. The molecule has 1 heterocycles. The monoisotopic (exact) mass is 351 g/mol. The first-order valence-electron chi connectivity index (χ1n) is 8.40. The van der Waals surface area contributed by atoms with Crippen LogP contribution in [0.25, 0.3) is 10.9 Å². The Hall–Kier alpha value is -2.36. The third kappa shape index (κ3) is 4.59. The van der Waals surface area contributed by atoms with Crippen molar-refractivity contribution >= 4 is 28.3 Å². The highest BCUT2D eigenvalue weighted by Crippen LogP contribution is 2.19. The maximum Gasteiger partial charge on any atom is 0.140 e. The Morgan fingerprint density at radius 2 is 1.92 bits per heavy atom. The summed E-state index contributed by atoms with van der Waals surface area (Å²) in [6.07, 6.45) is 2.88. The van der Waals surface area contributed by atoms with Crippen LogP contribution in [0.15, 0.2) is 73.3 Å². The van der Waals surface area contributed by atoms with E-state index in [1.165, 1.54) is 5.56 Å². The summed E-state index contributed by atoms with van der Waals surface area (Å²) in [5.74, 6) is 1.09. The summed E-state index contributed by atoms with van der Waals surface area (Å²) in [6, 6.07) is 20.3. The number of hydrogen-bond donors (Lipinski definition) is 2. The molecule has 3 aromatic rings. The van der Waals surface area contributed by atoms with Gasteiger partial charge in [-0.3, -0.25) is 0 Å². The van der Waals surface area contributed by atoms with E-state index in [2.05, 4.69) is 53.6 Å². The number of hydrazine groups is 1. The average Bonchev–Trinajstić information content (AvgIpc) is 2.65. The van der Waals surface area contributed by atoms with Crippen LogP contribution >= 0.6 is 11.6 Å². The van der Waals surface area contributed by atoms with Gasteiger partial charge in [-0.05, 0) is 48.2 Å². The van der Waals surface area contributed by atoms with E-state index in [0.717, 1.165) is 28.2 Å². The van der Waals surface area contributed by atoms with Gasteiger partial charge in [-0.15, -0.1) is 6.58 Å². The summed E-state index contributed by atoms with van der Waals surface area (Å²) in [4.78, 5) is 4.62. The highest BCUT2D eigenvalue weighted by Gasteiger charge is 2.15. The first kappa shape index (κ1) is 17.5. The first-order valence-corrected chi connectivity index (χ1v) is 8.78. The summed E-state index contributed by atoms with van der Waals surface area (Å²) in [5, 5.41) is 1.74. The molecule has 0 spiro atoms. The number of nitrogens with one attached hydrogen (secondary N) is 2. The zero-order chi connectivity index (χ0) is 17.6. The minimum Gasteiger partial charge on any atom is -0.305 e. The highest BCUT2D eigenvalue weighted by atomic mass is 35.5. The summed E-state index contributed by atoms with van der Waals surface area (Å²) < 4.78 is 0. The quantitative estimate of drug-likeness (QED) is 0.451. The Bertz CT molecular complexity index is 848. The van der Waals surface area contributed by atoms with Crippen molar-refractivity contribution in [3.63, 3.8) is 0 Å². The molecule has 3 nitrogen and oxygen atoms in total. The summed E-state index contributed by atoms with van der Waals surface area (Å²) in [7, 11) is 0. The molecule has 3 rings (SSSR count). The third-order valence-corrected chi connectivity index (χ3v) is 4.58. The maximum absolute atomic E-state index is 6.02. The van der Waals surface area contributed by atoms with Gasteiger partial charge >= 0.3 is 0 Å². The van der Waals surface area contributed by atoms with Gasteiger partial charge < -0.3 is 5.43 Å². The van der Waals surface area contributed by atoms with Crippen molar-refractivity contribution in [1.29, 1.82) is 0 Å². The van der Waals surface area contributed by atoms with Gasteiger partial charge in [-0.25, -0.2) is 10.4 Å². The molecule has 2 atom stereocenters. The van der Waals surface area contributed by atoms with E-state index in [4.69, 9.17) is 11.6 Å². The minimum absolute atomic E-state index is 0.211. The van der Waals surface area contributed by atoms with Crippen LogP contribution in [0.4, 0.5) is 5.82 Å². The molecule has 0 amide bonds. The normalized spacial score (nSPS) is 13.4. The van der Waals surface area contributed by atoms with E-state index in [-0.39, 0.29) is 6.04 Å². The van der Waals surface area contributed by atoms with Gasteiger partial charge in [0.1, 0.15) is 5.82 Å². The average molecular weight is 352 g/mol. The van der Waals surface area contributed by atoms with Gasteiger partial charge in [0.2, 0.25) is 0 Å². The smallest absolute Gasteiger partial charge is 0.140 e. The SMILES string of the molecule is C=C[C@@H](C)[C@@H](Cc1ccccc1)NNc1ccc2cc(Cl)ccc2n1. The second-order valence-corrected chi connectivity index (χ2v) is 6.63. The molecule has 0 aliphatic rings. The van der Waals surface area contributed by atoms with E-state index < -0.39 is 0 Å². The zero-order valence-corrected chi connectivity index (χ0v) is 15.0. The van der Waals surface area contributed by atoms with Gasteiger partial charge in [-0.1, -0.05) is 54.9 Å². The molecule has 0 fully saturated rings. The number of benzene rings is 2. The fourth-order valence-corrected chi connectivity index (χ4v) is 2.91.